The fraction of sp³-hybridized carbons (Fsp3) is 0.615. The second-order valence-electron chi connectivity index (χ2n) is 3.12. The monoisotopic (exact) mass is 242 g/mol. The molecule has 0 rings (SSSR count). The summed E-state index contributed by atoms with van der Waals surface area (Å²) in [6, 6.07) is 0. The Kier molecular flexibility index (Phi) is 9.38. The highest BCUT2D eigenvalue weighted by atomic mass is 16.7. The van der Waals surface area contributed by atoms with Crippen LogP contribution in [0.4, 0.5) is 0 Å². The van der Waals surface area contributed by atoms with Gasteiger partial charge in [0.05, 0.1) is 6.61 Å². The van der Waals surface area contributed by atoms with E-state index in [0.29, 0.717) is 19.8 Å². The zero-order chi connectivity index (χ0) is 13.1. The van der Waals surface area contributed by atoms with Crippen LogP contribution in [0.15, 0.2) is 23.8 Å². The van der Waals surface area contributed by atoms with Crippen molar-refractivity contribution in [2.45, 2.75) is 34.0 Å². The fourth-order valence-electron chi connectivity index (χ4n) is 1.21. The lowest BCUT2D eigenvalue weighted by Gasteiger charge is -2.17. The molecule has 4 nitrogen and oxygen atoms in total. The van der Waals surface area contributed by atoms with Gasteiger partial charge < -0.3 is 14.2 Å². The quantitative estimate of drug-likeness (QED) is 0.284. The van der Waals surface area contributed by atoms with Crippen LogP contribution in [0.25, 0.3) is 0 Å². The lowest BCUT2D eigenvalue weighted by molar-refractivity contribution is -0.137. The molecular weight excluding hydrogens is 220 g/mol. The first-order valence-corrected chi connectivity index (χ1v) is 5.93. The molecule has 0 bridgehead atoms. The number of carbonyl (C=O) groups is 1. The lowest BCUT2D eigenvalue weighted by atomic mass is 10.2. The summed E-state index contributed by atoms with van der Waals surface area (Å²) in [6.07, 6.45) is 4.46. The van der Waals surface area contributed by atoms with Gasteiger partial charge in [0.25, 0.3) is 0 Å². The fourth-order valence-corrected chi connectivity index (χ4v) is 1.21. The largest absolute Gasteiger partial charge is 0.463 e. The van der Waals surface area contributed by atoms with Gasteiger partial charge in [0.15, 0.2) is 6.29 Å². The molecule has 0 aliphatic heterocycles. The van der Waals surface area contributed by atoms with Crippen LogP contribution < -0.4 is 0 Å². The number of hydrogen-bond acceptors (Lipinski definition) is 4. The molecule has 0 aliphatic rings. The molecule has 0 N–H and O–H groups in total. The average Bonchev–Trinajstić information content (AvgIpc) is 2.30. The number of rotatable bonds is 8. The van der Waals surface area contributed by atoms with Crippen molar-refractivity contribution in [1.82, 2.24) is 0 Å². The van der Waals surface area contributed by atoms with E-state index in [-0.39, 0.29) is 5.97 Å². The van der Waals surface area contributed by atoms with E-state index >= 15 is 0 Å². The molecule has 0 radical (unpaired) electrons. The van der Waals surface area contributed by atoms with Crippen LogP contribution in [-0.2, 0) is 19.0 Å². The van der Waals surface area contributed by atoms with Gasteiger partial charge in [0, 0.05) is 24.9 Å². The summed E-state index contributed by atoms with van der Waals surface area (Å²) < 4.78 is 15.7. The Labute approximate surface area is 103 Å². The molecule has 4 heteroatoms. The number of carbonyl (C=O) groups excluding carboxylic acids is 1. The first-order valence-electron chi connectivity index (χ1n) is 5.93. The van der Waals surface area contributed by atoms with E-state index < -0.39 is 6.29 Å². The third kappa shape index (κ3) is 6.92. The molecule has 0 amide bonds. The second-order valence-corrected chi connectivity index (χ2v) is 3.12. The zero-order valence-electron chi connectivity index (χ0n) is 11.1. The summed E-state index contributed by atoms with van der Waals surface area (Å²) in [6.45, 7) is 8.91. The molecule has 0 spiro atoms. The van der Waals surface area contributed by atoms with Crippen LogP contribution in [0.2, 0.25) is 0 Å². The van der Waals surface area contributed by atoms with Crippen molar-refractivity contribution < 1.29 is 19.0 Å². The molecule has 0 heterocycles. The minimum atomic E-state index is -0.430. The predicted octanol–water partition coefficient (Wildman–Crippen LogP) is 2.45. The number of allylic oxidation sites excluding steroid dienone is 1. The molecular formula is C13H22O4. The molecule has 0 saturated carbocycles. The lowest BCUT2D eigenvalue weighted by Crippen LogP contribution is -2.19. The summed E-state index contributed by atoms with van der Waals surface area (Å²) in [5.41, 5.74) is 0.807. The van der Waals surface area contributed by atoms with Crippen LogP contribution in [0.5, 0.6) is 0 Å². The first kappa shape index (κ1) is 15.9. The van der Waals surface area contributed by atoms with Gasteiger partial charge in [-0.3, -0.25) is 0 Å². The van der Waals surface area contributed by atoms with E-state index in [1.54, 1.807) is 13.0 Å². The molecule has 17 heavy (non-hydrogen) atoms. The summed E-state index contributed by atoms with van der Waals surface area (Å²) >= 11 is 0. The molecule has 0 atom stereocenters. The summed E-state index contributed by atoms with van der Waals surface area (Å²) in [7, 11) is 0. The highest BCUT2D eigenvalue weighted by Gasteiger charge is 2.11. The Bertz CT molecular complexity index is 263. The third-order valence-corrected chi connectivity index (χ3v) is 1.94. The van der Waals surface area contributed by atoms with E-state index in [1.165, 1.54) is 6.08 Å². The summed E-state index contributed by atoms with van der Waals surface area (Å²) in [5.74, 6) is -0.362. The van der Waals surface area contributed by atoms with Crippen molar-refractivity contribution in [3.8, 4) is 0 Å². The molecule has 0 aliphatic carbocycles. The first-order chi connectivity index (χ1) is 8.19. The topological polar surface area (TPSA) is 44.8 Å². The van der Waals surface area contributed by atoms with Gasteiger partial charge in [-0.25, -0.2) is 4.79 Å². The van der Waals surface area contributed by atoms with Crippen molar-refractivity contribution in [1.29, 1.82) is 0 Å². The van der Waals surface area contributed by atoms with Crippen molar-refractivity contribution in [2.24, 2.45) is 0 Å². The number of ether oxygens (including phenoxy) is 3. The smallest absolute Gasteiger partial charge is 0.330 e. The predicted molar refractivity (Wildman–Crippen MR) is 66.6 cm³/mol. The maximum absolute atomic E-state index is 11.2. The van der Waals surface area contributed by atoms with Gasteiger partial charge in [0.1, 0.15) is 0 Å². The Morgan fingerprint density at radius 1 is 1.06 bits per heavy atom. The molecule has 0 aromatic heterocycles. The normalized spacial score (nSPS) is 12.4. The Morgan fingerprint density at radius 3 is 2.06 bits per heavy atom. The van der Waals surface area contributed by atoms with E-state index in [1.807, 2.05) is 26.8 Å². The molecule has 0 aromatic rings. The zero-order valence-corrected chi connectivity index (χ0v) is 11.1. The van der Waals surface area contributed by atoms with Crippen LogP contribution in [0, 0.1) is 0 Å². The molecule has 0 unspecified atom stereocenters. The molecule has 0 saturated heterocycles. The van der Waals surface area contributed by atoms with Crippen molar-refractivity contribution in [3.05, 3.63) is 23.8 Å². The van der Waals surface area contributed by atoms with Gasteiger partial charge in [-0.2, -0.15) is 0 Å². The van der Waals surface area contributed by atoms with Crippen molar-refractivity contribution >= 4 is 5.97 Å². The van der Waals surface area contributed by atoms with Gasteiger partial charge in [-0.05, 0) is 33.8 Å². The van der Waals surface area contributed by atoms with Crippen LogP contribution in [-0.4, -0.2) is 32.1 Å². The van der Waals surface area contributed by atoms with Crippen molar-refractivity contribution in [2.75, 3.05) is 19.8 Å². The van der Waals surface area contributed by atoms with Crippen molar-refractivity contribution in [3.63, 3.8) is 0 Å². The highest BCUT2D eigenvalue weighted by Crippen LogP contribution is 2.10. The third-order valence-electron chi connectivity index (χ3n) is 1.94. The van der Waals surface area contributed by atoms with E-state index in [4.69, 9.17) is 14.2 Å². The molecule has 0 aromatic carbocycles. The van der Waals surface area contributed by atoms with Gasteiger partial charge in [-0.1, -0.05) is 6.08 Å². The van der Waals surface area contributed by atoms with Gasteiger partial charge in [-0.15, -0.1) is 0 Å². The van der Waals surface area contributed by atoms with Crippen LogP contribution in [0.1, 0.15) is 27.7 Å². The van der Waals surface area contributed by atoms with E-state index in [2.05, 4.69) is 0 Å². The summed E-state index contributed by atoms with van der Waals surface area (Å²) in [4.78, 5) is 11.2. The van der Waals surface area contributed by atoms with E-state index in [0.717, 1.165) is 5.57 Å². The second kappa shape index (κ2) is 10.1. The molecule has 98 valence electrons. The minimum absolute atomic E-state index is 0.362. The minimum Gasteiger partial charge on any atom is -0.463 e. The van der Waals surface area contributed by atoms with Gasteiger partial charge in [0.2, 0.25) is 0 Å². The Hall–Kier alpha value is -1.13. The maximum atomic E-state index is 11.2. The van der Waals surface area contributed by atoms with Crippen LogP contribution >= 0.6 is 0 Å². The SMILES string of the molecule is CC=C(C=CC(=O)OCC)C(OCC)OCC. The highest BCUT2D eigenvalue weighted by molar-refractivity contribution is 5.82. The van der Waals surface area contributed by atoms with Gasteiger partial charge >= 0.3 is 5.97 Å². The van der Waals surface area contributed by atoms with Crippen LogP contribution in [0.3, 0.4) is 0 Å². The molecule has 0 fully saturated rings. The van der Waals surface area contributed by atoms with E-state index in [9.17, 15) is 4.79 Å². The Morgan fingerprint density at radius 2 is 1.65 bits per heavy atom. The number of hydrogen-bond donors (Lipinski definition) is 0. The standard InChI is InChI=1S/C13H22O4/c1-5-11(9-10-12(14)15-6-2)13(16-7-3)17-8-4/h5,9-10,13H,6-8H2,1-4H3. The Balaban J connectivity index is 4.52. The maximum Gasteiger partial charge on any atom is 0.330 e. The number of esters is 1. The average molecular weight is 242 g/mol. The summed E-state index contributed by atoms with van der Waals surface area (Å²) in [5, 5.41) is 0.